The highest BCUT2D eigenvalue weighted by molar-refractivity contribution is 5.08. The van der Waals surface area contributed by atoms with E-state index in [2.05, 4.69) is 9.97 Å². The van der Waals surface area contributed by atoms with Gasteiger partial charge in [-0.2, -0.15) is 0 Å². The molecule has 0 aromatic carbocycles. The number of nitrogens with two attached hydrogens (primary N) is 1. The maximum absolute atomic E-state index is 11.3. The molecule has 3 N–H and O–H groups in total. The van der Waals surface area contributed by atoms with Gasteiger partial charge in [-0.05, 0) is 13.3 Å². The Morgan fingerprint density at radius 1 is 1.67 bits per heavy atom. The smallest absolute Gasteiger partial charge is 0.251 e. The number of nitrogens with one attached hydrogen (secondary N) is 1. The number of aromatic nitrogens is 2. The van der Waals surface area contributed by atoms with Gasteiger partial charge in [0.15, 0.2) is 0 Å². The van der Waals surface area contributed by atoms with Crippen LogP contribution in [0.15, 0.2) is 10.9 Å². The lowest BCUT2D eigenvalue weighted by atomic mass is 9.99. The van der Waals surface area contributed by atoms with Crippen molar-refractivity contribution in [3.8, 4) is 0 Å². The minimum absolute atomic E-state index is 0.197. The standard InChI is InChI=1S/C10H17N3O2/c1-4-10(2,11)9-12-7(6-15-3)5-8(14)13-9/h5H,4,6,11H2,1-3H3,(H,12,13,14). The molecule has 5 heteroatoms. The fraction of sp³-hybridized carbons (Fsp3) is 0.600. The van der Waals surface area contributed by atoms with Crippen LogP contribution in [0.2, 0.25) is 0 Å². The molecule has 1 rings (SSSR count). The van der Waals surface area contributed by atoms with Crippen molar-refractivity contribution in [2.75, 3.05) is 7.11 Å². The second-order valence-electron chi connectivity index (χ2n) is 3.79. The molecule has 1 aromatic rings. The van der Waals surface area contributed by atoms with Crippen LogP contribution >= 0.6 is 0 Å². The Bertz CT molecular complexity index is 384. The Labute approximate surface area is 88.7 Å². The van der Waals surface area contributed by atoms with Gasteiger partial charge < -0.3 is 15.5 Å². The van der Waals surface area contributed by atoms with Crippen molar-refractivity contribution in [2.24, 2.45) is 5.73 Å². The van der Waals surface area contributed by atoms with Gasteiger partial charge in [0.05, 0.1) is 17.8 Å². The minimum atomic E-state index is -0.608. The predicted molar refractivity (Wildman–Crippen MR) is 57.4 cm³/mol. The van der Waals surface area contributed by atoms with Crippen LogP contribution in [0.1, 0.15) is 31.8 Å². The third-order valence-electron chi connectivity index (χ3n) is 2.36. The van der Waals surface area contributed by atoms with Crippen LogP contribution in [0.3, 0.4) is 0 Å². The summed E-state index contributed by atoms with van der Waals surface area (Å²) < 4.78 is 4.93. The summed E-state index contributed by atoms with van der Waals surface area (Å²) in [6.07, 6.45) is 0.701. The first-order valence-corrected chi connectivity index (χ1v) is 4.88. The van der Waals surface area contributed by atoms with Gasteiger partial charge >= 0.3 is 0 Å². The normalized spacial score (nSPS) is 14.9. The van der Waals surface area contributed by atoms with Gasteiger partial charge in [-0.3, -0.25) is 4.79 Å². The molecule has 0 saturated carbocycles. The van der Waals surface area contributed by atoms with E-state index < -0.39 is 5.54 Å². The third-order valence-corrected chi connectivity index (χ3v) is 2.36. The monoisotopic (exact) mass is 211 g/mol. The second-order valence-corrected chi connectivity index (χ2v) is 3.79. The summed E-state index contributed by atoms with van der Waals surface area (Å²) in [5.74, 6) is 0.504. The highest BCUT2D eigenvalue weighted by Crippen LogP contribution is 2.15. The molecule has 5 nitrogen and oxygen atoms in total. The van der Waals surface area contributed by atoms with Crippen molar-refractivity contribution in [1.29, 1.82) is 0 Å². The van der Waals surface area contributed by atoms with Crippen molar-refractivity contribution < 1.29 is 4.74 Å². The number of rotatable bonds is 4. The fourth-order valence-corrected chi connectivity index (χ4v) is 1.17. The molecule has 0 saturated heterocycles. The van der Waals surface area contributed by atoms with E-state index >= 15 is 0 Å². The number of hydrogen-bond acceptors (Lipinski definition) is 4. The summed E-state index contributed by atoms with van der Waals surface area (Å²) in [6.45, 7) is 4.10. The van der Waals surface area contributed by atoms with E-state index in [1.807, 2.05) is 13.8 Å². The number of nitrogens with zero attached hydrogens (tertiary/aromatic N) is 1. The highest BCUT2D eigenvalue weighted by atomic mass is 16.5. The number of H-pyrrole nitrogens is 1. The maximum Gasteiger partial charge on any atom is 0.251 e. The molecule has 15 heavy (non-hydrogen) atoms. The Hall–Kier alpha value is -1.20. The van der Waals surface area contributed by atoms with Crippen LogP contribution in [-0.4, -0.2) is 17.1 Å². The SMILES string of the molecule is CCC(C)(N)c1nc(COC)cc(=O)[nH]1. The Balaban J connectivity index is 3.14. The van der Waals surface area contributed by atoms with Gasteiger partial charge in [-0.15, -0.1) is 0 Å². The molecule has 0 aliphatic heterocycles. The number of methoxy groups -OCH3 is 1. The molecule has 0 bridgehead atoms. The largest absolute Gasteiger partial charge is 0.378 e. The first-order chi connectivity index (χ1) is 6.99. The summed E-state index contributed by atoms with van der Waals surface area (Å²) in [6, 6.07) is 1.42. The molecule has 1 aromatic heterocycles. The van der Waals surface area contributed by atoms with Crippen molar-refractivity contribution in [1.82, 2.24) is 9.97 Å². The molecule has 0 fully saturated rings. The van der Waals surface area contributed by atoms with E-state index in [0.717, 1.165) is 0 Å². The summed E-state index contributed by atoms with van der Waals surface area (Å²) >= 11 is 0. The lowest BCUT2D eigenvalue weighted by molar-refractivity contribution is 0.180. The van der Waals surface area contributed by atoms with Crippen LogP contribution < -0.4 is 11.3 Å². The third kappa shape index (κ3) is 2.87. The van der Waals surface area contributed by atoms with Crippen molar-refractivity contribution >= 4 is 0 Å². The van der Waals surface area contributed by atoms with E-state index in [4.69, 9.17) is 10.5 Å². The van der Waals surface area contributed by atoms with E-state index in [0.29, 0.717) is 24.5 Å². The van der Waals surface area contributed by atoms with E-state index in [1.165, 1.54) is 6.07 Å². The van der Waals surface area contributed by atoms with Crippen molar-refractivity contribution in [2.45, 2.75) is 32.4 Å². The molecular weight excluding hydrogens is 194 g/mol. The first kappa shape index (κ1) is 11.9. The lowest BCUT2D eigenvalue weighted by Gasteiger charge is -2.21. The van der Waals surface area contributed by atoms with Gasteiger partial charge in [0, 0.05) is 13.2 Å². The van der Waals surface area contributed by atoms with Crippen molar-refractivity contribution in [3.63, 3.8) is 0 Å². The van der Waals surface area contributed by atoms with Crippen LogP contribution in [0, 0.1) is 0 Å². The van der Waals surface area contributed by atoms with Gasteiger partial charge in [0.25, 0.3) is 5.56 Å². The molecule has 84 valence electrons. The van der Waals surface area contributed by atoms with Gasteiger partial charge in [-0.1, -0.05) is 6.92 Å². The average molecular weight is 211 g/mol. The van der Waals surface area contributed by atoms with Crippen LogP contribution in [0.25, 0.3) is 0 Å². The summed E-state index contributed by atoms with van der Waals surface area (Å²) in [5.41, 5.74) is 5.79. The summed E-state index contributed by atoms with van der Waals surface area (Å²) in [5, 5.41) is 0. The molecule has 0 spiro atoms. The van der Waals surface area contributed by atoms with Crippen LogP contribution in [0.4, 0.5) is 0 Å². The molecule has 1 heterocycles. The van der Waals surface area contributed by atoms with Crippen LogP contribution in [0.5, 0.6) is 0 Å². The molecule has 0 aliphatic rings. The zero-order chi connectivity index (χ0) is 11.5. The molecule has 0 radical (unpaired) electrons. The molecule has 0 amide bonds. The van der Waals surface area contributed by atoms with Crippen LogP contribution in [-0.2, 0) is 16.9 Å². The number of hydrogen-bond donors (Lipinski definition) is 2. The minimum Gasteiger partial charge on any atom is -0.378 e. The lowest BCUT2D eigenvalue weighted by Crippen LogP contribution is -2.36. The highest BCUT2D eigenvalue weighted by Gasteiger charge is 2.21. The Morgan fingerprint density at radius 2 is 2.33 bits per heavy atom. The average Bonchev–Trinajstić information content (AvgIpc) is 2.17. The maximum atomic E-state index is 11.3. The van der Waals surface area contributed by atoms with Gasteiger partial charge in [0.1, 0.15) is 5.82 Å². The van der Waals surface area contributed by atoms with Crippen molar-refractivity contribution in [3.05, 3.63) is 27.9 Å². The fourth-order valence-electron chi connectivity index (χ4n) is 1.17. The van der Waals surface area contributed by atoms with Gasteiger partial charge in [0.2, 0.25) is 0 Å². The predicted octanol–water partition coefficient (Wildman–Crippen LogP) is 0.500. The topological polar surface area (TPSA) is 81.0 Å². The van der Waals surface area contributed by atoms with E-state index in [9.17, 15) is 4.79 Å². The summed E-state index contributed by atoms with van der Waals surface area (Å²) in [7, 11) is 1.56. The molecule has 1 unspecified atom stereocenters. The van der Waals surface area contributed by atoms with E-state index in [1.54, 1.807) is 7.11 Å². The zero-order valence-electron chi connectivity index (χ0n) is 9.33. The molecule has 1 atom stereocenters. The first-order valence-electron chi connectivity index (χ1n) is 4.88. The number of ether oxygens (including phenoxy) is 1. The van der Waals surface area contributed by atoms with Gasteiger partial charge in [-0.25, -0.2) is 4.98 Å². The zero-order valence-corrected chi connectivity index (χ0v) is 9.33. The molecular formula is C10H17N3O2. The Morgan fingerprint density at radius 3 is 2.87 bits per heavy atom. The number of aromatic amines is 1. The van der Waals surface area contributed by atoms with E-state index in [-0.39, 0.29) is 5.56 Å². The quantitative estimate of drug-likeness (QED) is 0.760. The second kappa shape index (κ2) is 4.55. The molecule has 0 aliphatic carbocycles. The summed E-state index contributed by atoms with van der Waals surface area (Å²) in [4.78, 5) is 18.3. The Kier molecular flexibility index (Phi) is 3.60.